The largest absolute Gasteiger partial charge is 0.383 e. The third-order valence-corrected chi connectivity index (χ3v) is 12.3. The number of anilines is 4. The molecule has 2 aliphatic carbocycles. The molecule has 328 valence electrons. The van der Waals surface area contributed by atoms with E-state index in [2.05, 4.69) is 52.9 Å². The van der Waals surface area contributed by atoms with Crippen molar-refractivity contribution >= 4 is 56.6 Å². The number of amides is 2. The summed E-state index contributed by atoms with van der Waals surface area (Å²) < 4.78 is 3.50. The minimum Gasteiger partial charge on any atom is -0.383 e. The van der Waals surface area contributed by atoms with Crippen LogP contribution in [-0.4, -0.2) is 51.3 Å². The molecule has 16 nitrogen and oxygen atoms in total. The molecule has 0 saturated heterocycles. The normalized spacial score (nSPS) is 17.0. The number of fused-ring (bicyclic) bond motifs is 2. The maximum Gasteiger partial charge on any atom is 0.229 e. The summed E-state index contributed by atoms with van der Waals surface area (Å²) in [5.41, 5.74) is 21.7. The molecule has 2 aromatic carbocycles. The van der Waals surface area contributed by atoms with Crippen LogP contribution in [0.5, 0.6) is 0 Å². The van der Waals surface area contributed by atoms with Crippen LogP contribution >= 0.6 is 0 Å². The fraction of sp³-hybridized carbons (Fsp3) is 0.240. The molecule has 10 rings (SSSR count). The number of aryl methyl sites for hydroxylation is 4. The summed E-state index contributed by atoms with van der Waals surface area (Å²) in [5.74, 6) is 1.81. The van der Waals surface area contributed by atoms with E-state index >= 15 is 0 Å². The van der Waals surface area contributed by atoms with Gasteiger partial charge in [0.1, 0.15) is 23.3 Å². The molecular weight excluding hydrogens is 829 g/mol. The molecule has 2 aliphatic rings. The maximum atomic E-state index is 12.8. The molecule has 0 spiro atoms. The molecule has 66 heavy (non-hydrogen) atoms. The zero-order chi connectivity index (χ0) is 46.2. The molecule has 2 fully saturated rings. The lowest BCUT2D eigenvalue weighted by molar-refractivity contribution is -0.118. The Balaban J connectivity index is 0.000000166. The third kappa shape index (κ3) is 8.72. The van der Waals surface area contributed by atoms with Gasteiger partial charge in [-0.2, -0.15) is 20.7 Å². The first-order chi connectivity index (χ1) is 31.9. The van der Waals surface area contributed by atoms with Crippen molar-refractivity contribution in [3.8, 4) is 34.7 Å². The van der Waals surface area contributed by atoms with Crippen LogP contribution in [0, 0.1) is 48.3 Å². The lowest BCUT2D eigenvalue weighted by atomic mass is 9.96. The summed E-state index contributed by atoms with van der Waals surface area (Å²) in [6.45, 7) is 3.98. The fourth-order valence-electron chi connectivity index (χ4n) is 8.80. The SMILES string of the molecule is Cc1cccc(CC#N)c1-c1cc2cc(NC(=O)[C@@H]3C[C@H]3c3cnn(C)c3)ncc2c(N)n1.Cc1cccc(CC#N)c1-c1cc2cc(NC(=O)[C@H]3C[C@@H]3c3cnn(C)c3)ncc2c(N)n1. The average Bonchev–Trinajstić information content (AvgIpc) is 4.19. The van der Waals surface area contributed by atoms with E-state index in [1.54, 1.807) is 21.8 Å². The molecule has 6 aromatic heterocycles. The molecule has 0 unspecified atom stereocenters. The predicted octanol–water partition coefficient (Wildman–Crippen LogP) is 7.46. The van der Waals surface area contributed by atoms with Gasteiger partial charge in [-0.25, -0.2) is 19.9 Å². The van der Waals surface area contributed by atoms with Gasteiger partial charge in [-0.05, 0) is 107 Å². The van der Waals surface area contributed by atoms with E-state index in [0.717, 1.165) is 68.1 Å². The topological polar surface area (TPSA) is 245 Å². The monoisotopic (exact) mass is 874 g/mol. The quantitative estimate of drug-likeness (QED) is 0.105. The highest BCUT2D eigenvalue weighted by Gasteiger charge is 2.45. The van der Waals surface area contributed by atoms with Gasteiger partial charge >= 0.3 is 0 Å². The number of nitriles is 2. The minimum atomic E-state index is -0.0784. The highest BCUT2D eigenvalue weighted by atomic mass is 16.2. The van der Waals surface area contributed by atoms with Crippen LogP contribution in [-0.2, 0) is 36.5 Å². The van der Waals surface area contributed by atoms with Crippen LogP contribution in [0.15, 0.2) is 97.8 Å². The number of aromatic nitrogens is 8. The zero-order valence-electron chi connectivity index (χ0n) is 36.8. The summed E-state index contributed by atoms with van der Waals surface area (Å²) in [6, 6.07) is 23.6. The number of nitrogens with zero attached hydrogens (tertiary/aromatic N) is 10. The van der Waals surface area contributed by atoms with Crippen molar-refractivity contribution in [2.75, 3.05) is 22.1 Å². The van der Waals surface area contributed by atoms with Crippen LogP contribution in [0.4, 0.5) is 23.3 Å². The standard InChI is InChI=1S/2C25H23N7O/c2*1-14-4-3-5-15(6-7-26)23(14)21-8-16-9-22(28-12-20(16)24(27)30-21)31-25(33)19-10-18(19)17-11-29-32(2)13-17/h2*3-5,8-9,11-13,18-19H,6,10H2,1-2H3,(H2,27,30)(H,28,31,33)/t2*18-,19+/m10/s1. The lowest BCUT2D eigenvalue weighted by Crippen LogP contribution is -2.15. The Bertz CT molecular complexity index is 3080. The van der Waals surface area contributed by atoms with E-state index in [1.807, 2.05) is 113 Å². The molecule has 16 heteroatoms. The molecule has 0 aliphatic heterocycles. The van der Waals surface area contributed by atoms with E-state index in [0.29, 0.717) is 45.4 Å². The molecule has 2 saturated carbocycles. The van der Waals surface area contributed by atoms with Crippen LogP contribution in [0.2, 0.25) is 0 Å². The van der Waals surface area contributed by atoms with Gasteiger partial charge in [0.2, 0.25) is 11.8 Å². The van der Waals surface area contributed by atoms with Crippen LogP contribution in [0.3, 0.4) is 0 Å². The number of nitrogens with one attached hydrogen (secondary N) is 2. The molecule has 0 bridgehead atoms. The van der Waals surface area contributed by atoms with Gasteiger partial charge in [-0.3, -0.25) is 19.0 Å². The second-order valence-corrected chi connectivity index (χ2v) is 17.0. The van der Waals surface area contributed by atoms with E-state index in [-0.39, 0.29) is 48.3 Å². The van der Waals surface area contributed by atoms with Crippen LogP contribution in [0.1, 0.15) is 58.1 Å². The van der Waals surface area contributed by atoms with E-state index in [4.69, 9.17) is 11.5 Å². The first kappa shape index (κ1) is 42.8. The minimum absolute atomic E-state index is 0.0480. The summed E-state index contributed by atoms with van der Waals surface area (Å²) in [7, 11) is 3.74. The second kappa shape index (κ2) is 17.6. The number of rotatable bonds is 10. The van der Waals surface area contributed by atoms with Gasteiger partial charge in [-0.1, -0.05) is 36.4 Å². The number of nitrogen functional groups attached to an aromatic ring is 2. The van der Waals surface area contributed by atoms with Crippen molar-refractivity contribution in [1.29, 1.82) is 10.5 Å². The lowest BCUT2D eigenvalue weighted by Gasteiger charge is -2.13. The van der Waals surface area contributed by atoms with Crippen LogP contribution < -0.4 is 22.1 Å². The first-order valence-electron chi connectivity index (χ1n) is 21.5. The Morgan fingerprint density at radius 2 is 1.09 bits per heavy atom. The molecule has 0 radical (unpaired) electrons. The average molecular weight is 875 g/mol. The van der Waals surface area contributed by atoms with Crippen LogP contribution in [0.25, 0.3) is 44.1 Å². The van der Waals surface area contributed by atoms with Crippen molar-refractivity contribution in [2.24, 2.45) is 25.9 Å². The predicted molar refractivity (Wildman–Crippen MR) is 252 cm³/mol. The number of carbonyl (C=O) groups excluding carboxylic acids is 2. The number of benzene rings is 2. The number of hydrogen-bond donors (Lipinski definition) is 4. The number of carbonyl (C=O) groups is 2. The smallest absolute Gasteiger partial charge is 0.229 e. The van der Waals surface area contributed by atoms with Gasteiger partial charge < -0.3 is 22.1 Å². The first-order valence-corrected chi connectivity index (χ1v) is 21.5. The summed E-state index contributed by atoms with van der Waals surface area (Å²) in [4.78, 5) is 43.5. The van der Waals surface area contributed by atoms with Crippen molar-refractivity contribution < 1.29 is 9.59 Å². The number of pyridine rings is 4. The summed E-state index contributed by atoms with van der Waals surface area (Å²) >= 11 is 0. The highest BCUT2D eigenvalue weighted by Crippen LogP contribution is 2.49. The van der Waals surface area contributed by atoms with Gasteiger partial charge in [0.25, 0.3) is 0 Å². The molecule has 8 aromatic rings. The fourth-order valence-corrected chi connectivity index (χ4v) is 8.80. The Morgan fingerprint density at radius 1 is 0.667 bits per heavy atom. The van der Waals surface area contributed by atoms with Gasteiger partial charge in [0.05, 0.1) is 48.8 Å². The molecule has 6 heterocycles. The maximum absolute atomic E-state index is 12.8. The van der Waals surface area contributed by atoms with E-state index < -0.39 is 0 Å². The van der Waals surface area contributed by atoms with Crippen molar-refractivity contribution in [3.63, 3.8) is 0 Å². The molecule has 2 amide bonds. The Kier molecular flexibility index (Phi) is 11.4. The van der Waals surface area contributed by atoms with Gasteiger partial charge in [0.15, 0.2) is 0 Å². The Labute approximate surface area is 380 Å². The number of hydrogen-bond acceptors (Lipinski definition) is 12. The number of nitrogens with two attached hydrogens (primary N) is 2. The van der Waals surface area contributed by atoms with Gasteiger partial charge in [-0.15, -0.1) is 0 Å². The second-order valence-electron chi connectivity index (χ2n) is 17.0. The summed E-state index contributed by atoms with van der Waals surface area (Å²) in [6.07, 6.45) is 13.0. The highest BCUT2D eigenvalue weighted by molar-refractivity contribution is 6.00. The summed E-state index contributed by atoms with van der Waals surface area (Å²) in [5, 5.41) is 35.8. The van der Waals surface area contributed by atoms with E-state index in [1.165, 1.54) is 0 Å². The Hall–Kier alpha value is -8.50. The van der Waals surface area contributed by atoms with Crippen molar-refractivity contribution in [2.45, 2.75) is 51.4 Å². The van der Waals surface area contributed by atoms with Crippen molar-refractivity contribution in [3.05, 3.63) is 131 Å². The molecule has 4 atom stereocenters. The zero-order valence-corrected chi connectivity index (χ0v) is 36.8. The van der Waals surface area contributed by atoms with Crippen molar-refractivity contribution in [1.82, 2.24) is 39.5 Å². The van der Waals surface area contributed by atoms with Gasteiger partial charge in [0, 0.05) is 72.6 Å². The Morgan fingerprint density at radius 3 is 1.47 bits per heavy atom. The third-order valence-electron chi connectivity index (χ3n) is 12.3. The molecule has 6 N–H and O–H groups in total. The van der Waals surface area contributed by atoms with E-state index in [9.17, 15) is 20.1 Å². The molecular formula is C50H46N14O2.